The van der Waals surface area contributed by atoms with E-state index in [-0.39, 0.29) is 22.6 Å². The molecule has 0 unspecified atom stereocenters. The number of carbonyl (C=O) groups is 4. The lowest BCUT2D eigenvalue weighted by molar-refractivity contribution is -0.127. The molecule has 3 aromatic carbocycles. The Labute approximate surface area is 212 Å². The van der Waals surface area contributed by atoms with Gasteiger partial charge in [-0.15, -0.1) is 0 Å². The number of methoxy groups -OCH3 is 2. The number of benzene rings is 3. The molecule has 0 saturated carbocycles. The topological polar surface area (TPSA) is 99.2 Å². The molecule has 186 valence electrons. The number of hydrogen-bond donors (Lipinski definition) is 0. The van der Waals surface area contributed by atoms with Crippen LogP contribution in [-0.4, -0.2) is 43.2 Å². The maximum Gasteiger partial charge on any atom is 0.241 e. The van der Waals surface area contributed by atoms with Crippen LogP contribution in [0.1, 0.15) is 37.9 Å². The summed E-state index contributed by atoms with van der Waals surface area (Å²) >= 11 is 0. The van der Waals surface area contributed by atoms with Crippen molar-refractivity contribution in [2.45, 2.75) is 18.6 Å². The number of aryl methyl sites for hydroxylation is 1. The van der Waals surface area contributed by atoms with Crippen molar-refractivity contribution < 1.29 is 33.4 Å². The second-order valence-electron chi connectivity index (χ2n) is 9.44. The molecule has 2 saturated heterocycles. The van der Waals surface area contributed by atoms with Crippen molar-refractivity contribution in [3.05, 3.63) is 89.0 Å². The Morgan fingerprint density at radius 1 is 0.811 bits per heavy atom. The van der Waals surface area contributed by atoms with Crippen molar-refractivity contribution in [3.63, 3.8) is 0 Å². The molecule has 8 heteroatoms. The van der Waals surface area contributed by atoms with Crippen LogP contribution >= 0.6 is 0 Å². The molecular weight excluding hydrogens is 474 g/mol. The van der Waals surface area contributed by atoms with Gasteiger partial charge in [-0.2, -0.15) is 0 Å². The van der Waals surface area contributed by atoms with Gasteiger partial charge in [0.15, 0.2) is 0 Å². The lowest BCUT2D eigenvalue weighted by atomic mass is 9.77. The van der Waals surface area contributed by atoms with Gasteiger partial charge in [0.2, 0.25) is 29.0 Å². The van der Waals surface area contributed by atoms with Crippen LogP contribution in [-0.2, 0) is 14.3 Å². The van der Waals surface area contributed by atoms with Crippen molar-refractivity contribution in [1.29, 1.82) is 0 Å². The average molecular weight is 498 g/mol. The molecule has 0 N–H and O–H groups in total. The van der Waals surface area contributed by atoms with E-state index in [1.54, 1.807) is 48.5 Å². The lowest BCUT2D eigenvalue weighted by Gasteiger charge is -2.27. The standard InChI is InChI=1S/C29H23NO7/c1-15-8-10-16(11-9-15)24-22-23(29(37-24)25(31)18-6-4-5-7-19(18)26(29)32)28(34)30(27(22)33)20-14-17(35-2)12-13-21(20)36-3/h4-14,22-24H,1-3H3/t22-,23-,24-/m1/s1. The Morgan fingerprint density at radius 3 is 2.05 bits per heavy atom. The third-order valence-electron chi connectivity index (χ3n) is 7.55. The van der Waals surface area contributed by atoms with E-state index in [0.29, 0.717) is 11.3 Å². The van der Waals surface area contributed by atoms with Gasteiger partial charge in [0.1, 0.15) is 11.5 Å². The monoisotopic (exact) mass is 497 g/mol. The number of nitrogens with zero attached hydrogens (tertiary/aromatic N) is 1. The fourth-order valence-electron chi connectivity index (χ4n) is 5.78. The van der Waals surface area contributed by atoms with Crippen molar-refractivity contribution in [2.75, 3.05) is 19.1 Å². The summed E-state index contributed by atoms with van der Waals surface area (Å²) in [6.07, 6.45) is -0.981. The van der Waals surface area contributed by atoms with Gasteiger partial charge in [0, 0.05) is 17.2 Å². The highest BCUT2D eigenvalue weighted by molar-refractivity contribution is 6.37. The zero-order chi connectivity index (χ0) is 26.1. The molecule has 8 nitrogen and oxygen atoms in total. The van der Waals surface area contributed by atoms with Crippen LogP contribution in [0.5, 0.6) is 11.5 Å². The molecule has 1 spiro atoms. The van der Waals surface area contributed by atoms with Crippen molar-refractivity contribution in [3.8, 4) is 11.5 Å². The van der Waals surface area contributed by atoms with Gasteiger partial charge in [-0.3, -0.25) is 19.2 Å². The van der Waals surface area contributed by atoms with Gasteiger partial charge in [0.05, 0.1) is 37.8 Å². The second kappa shape index (κ2) is 8.11. The summed E-state index contributed by atoms with van der Waals surface area (Å²) in [6.45, 7) is 1.92. The zero-order valence-corrected chi connectivity index (χ0v) is 20.4. The second-order valence-corrected chi connectivity index (χ2v) is 9.44. The highest BCUT2D eigenvalue weighted by Crippen LogP contribution is 2.58. The Kier molecular flexibility index (Phi) is 5.07. The van der Waals surface area contributed by atoms with Crippen LogP contribution < -0.4 is 14.4 Å². The molecule has 3 aliphatic rings. The Morgan fingerprint density at radius 2 is 1.46 bits per heavy atom. The summed E-state index contributed by atoms with van der Waals surface area (Å²) in [5.74, 6) is -4.20. The van der Waals surface area contributed by atoms with E-state index in [1.807, 2.05) is 19.1 Å². The third-order valence-corrected chi connectivity index (χ3v) is 7.55. The summed E-state index contributed by atoms with van der Waals surface area (Å²) in [6, 6.07) is 18.5. The van der Waals surface area contributed by atoms with Crippen LogP contribution in [0.25, 0.3) is 0 Å². The first-order valence-corrected chi connectivity index (χ1v) is 11.9. The number of amides is 2. The highest BCUT2D eigenvalue weighted by Gasteiger charge is 2.74. The van der Waals surface area contributed by atoms with E-state index in [2.05, 4.69) is 0 Å². The largest absolute Gasteiger partial charge is 0.497 e. The van der Waals surface area contributed by atoms with E-state index >= 15 is 0 Å². The van der Waals surface area contributed by atoms with Crippen LogP contribution in [0.2, 0.25) is 0 Å². The van der Waals surface area contributed by atoms with Crippen molar-refractivity contribution in [2.24, 2.45) is 11.8 Å². The summed E-state index contributed by atoms with van der Waals surface area (Å²) in [7, 11) is 2.90. The molecule has 6 rings (SSSR count). The van der Waals surface area contributed by atoms with E-state index in [1.165, 1.54) is 20.3 Å². The normalized spacial score (nSPS) is 23.5. The fraction of sp³-hybridized carbons (Fsp3) is 0.241. The average Bonchev–Trinajstić information content (AvgIpc) is 3.48. The quantitative estimate of drug-likeness (QED) is 0.400. The van der Waals surface area contributed by atoms with E-state index in [0.717, 1.165) is 10.5 Å². The number of ether oxygens (including phenoxy) is 3. The van der Waals surface area contributed by atoms with Crippen LogP contribution in [0.3, 0.4) is 0 Å². The maximum absolute atomic E-state index is 14.1. The van der Waals surface area contributed by atoms with Gasteiger partial charge >= 0.3 is 0 Å². The van der Waals surface area contributed by atoms with Crippen LogP contribution in [0.4, 0.5) is 5.69 Å². The minimum atomic E-state index is -2.13. The molecule has 1 aliphatic carbocycles. The Bertz CT molecular complexity index is 1460. The number of Topliss-reactive ketones (excluding diaryl/α,β-unsaturated/α-hetero) is 2. The van der Waals surface area contributed by atoms with Crippen LogP contribution in [0.15, 0.2) is 66.7 Å². The maximum atomic E-state index is 14.1. The number of ketones is 2. The molecule has 0 aromatic heterocycles. The predicted octanol–water partition coefficient (Wildman–Crippen LogP) is 3.71. The Balaban J connectivity index is 1.55. The van der Waals surface area contributed by atoms with E-state index in [9.17, 15) is 19.2 Å². The molecule has 3 atom stereocenters. The third kappa shape index (κ3) is 2.99. The highest BCUT2D eigenvalue weighted by atomic mass is 16.5. The van der Waals surface area contributed by atoms with Crippen molar-refractivity contribution >= 4 is 29.1 Å². The lowest BCUT2D eigenvalue weighted by Crippen LogP contribution is -2.51. The van der Waals surface area contributed by atoms with Gasteiger partial charge in [-0.05, 0) is 24.6 Å². The summed E-state index contributed by atoms with van der Waals surface area (Å²) in [5, 5.41) is 0. The first-order chi connectivity index (χ1) is 17.8. The van der Waals surface area contributed by atoms with E-state index < -0.39 is 46.9 Å². The number of carbonyl (C=O) groups excluding carboxylic acids is 4. The number of fused-ring (bicyclic) bond motifs is 3. The molecule has 37 heavy (non-hydrogen) atoms. The predicted molar refractivity (Wildman–Crippen MR) is 132 cm³/mol. The number of rotatable bonds is 4. The fourth-order valence-corrected chi connectivity index (χ4v) is 5.78. The SMILES string of the molecule is COc1ccc(OC)c(N2C(=O)[C@H]3[C@@H](c4ccc(C)cc4)OC4(C(=O)c5ccccc5C4=O)[C@H]3C2=O)c1. The zero-order valence-electron chi connectivity index (χ0n) is 20.4. The number of anilines is 1. The van der Waals surface area contributed by atoms with Gasteiger partial charge in [0.25, 0.3) is 0 Å². The molecule has 2 aliphatic heterocycles. The van der Waals surface area contributed by atoms with Gasteiger partial charge in [-0.1, -0.05) is 54.1 Å². The van der Waals surface area contributed by atoms with Gasteiger partial charge < -0.3 is 14.2 Å². The van der Waals surface area contributed by atoms with Crippen molar-refractivity contribution in [1.82, 2.24) is 0 Å². The molecule has 2 fully saturated rings. The summed E-state index contributed by atoms with van der Waals surface area (Å²) in [5.41, 5.74) is 0.0263. The molecule has 0 radical (unpaired) electrons. The van der Waals surface area contributed by atoms with E-state index in [4.69, 9.17) is 14.2 Å². The number of hydrogen-bond acceptors (Lipinski definition) is 7. The molecule has 2 amide bonds. The minimum Gasteiger partial charge on any atom is -0.497 e. The molecule has 2 heterocycles. The van der Waals surface area contributed by atoms with Gasteiger partial charge in [-0.25, -0.2) is 4.90 Å². The number of imide groups is 1. The van der Waals surface area contributed by atoms with Crippen LogP contribution in [0, 0.1) is 18.8 Å². The summed E-state index contributed by atoms with van der Waals surface area (Å²) in [4.78, 5) is 56.9. The smallest absolute Gasteiger partial charge is 0.241 e. The first kappa shape index (κ1) is 23.1. The Hall–Kier alpha value is -4.30. The molecular formula is C29H23NO7. The molecule has 3 aromatic rings. The minimum absolute atomic E-state index is 0.180. The first-order valence-electron chi connectivity index (χ1n) is 11.9. The summed E-state index contributed by atoms with van der Waals surface area (Å²) < 4.78 is 17.1. The molecule has 0 bridgehead atoms.